The van der Waals surface area contributed by atoms with Gasteiger partial charge >= 0.3 is 0 Å². The van der Waals surface area contributed by atoms with Gasteiger partial charge in [0.25, 0.3) is 5.56 Å². The van der Waals surface area contributed by atoms with Gasteiger partial charge < -0.3 is 4.98 Å². The molecule has 0 spiro atoms. The van der Waals surface area contributed by atoms with Crippen LogP contribution in [0, 0.1) is 3.57 Å². The van der Waals surface area contributed by atoms with Crippen molar-refractivity contribution in [2.75, 3.05) is 0 Å². The SMILES string of the molecule is O=c1[nH]c(-c2cc(Br)c(Cl)s2)ncc1I. The maximum atomic E-state index is 11.4. The second kappa shape index (κ2) is 4.52. The Hall–Kier alpha value is 0.0800. The van der Waals surface area contributed by atoms with Crippen LogP contribution in [0.5, 0.6) is 0 Å². The second-order valence-corrected chi connectivity index (χ2v) is 6.31. The number of halogens is 3. The molecule has 0 aromatic carbocycles. The predicted molar refractivity (Wildman–Crippen MR) is 73.6 cm³/mol. The predicted octanol–water partition coefficient (Wildman–Crippen LogP) is 3.52. The molecule has 0 aliphatic heterocycles. The van der Waals surface area contributed by atoms with E-state index < -0.39 is 0 Å². The number of hydrogen-bond acceptors (Lipinski definition) is 3. The molecule has 2 aromatic heterocycles. The minimum absolute atomic E-state index is 0.138. The van der Waals surface area contributed by atoms with Crippen LogP contribution in [0.4, 0.5) is 0 Å². The van der Waals surface area contributed by atoms with Crippen molar-refractivity contribution in [2.45, 2.75) is 0 Å². The van der Waals surface area contributed by atoms with Crippen LogP contribution in [0.15, 0.2) is 21.5 Å². The summed E-state index contributed by atoms with van der Waals surface area (Å²) in [5.41, 5.74) is -0.138. The number of aromatic nitrogens is 2. The summed E-state index contributed by atoms with van der Waals surface area (Å²) < 4.78 is 2.02. The first-order valence-electron chi connectivity index (χ1n) is 3.78. The van der Waals surface area contributed by atoms with Crippen molar-refractivity contribution in [2.24, 2.45) is 0 Å². The Bertz CT molecular complexity index is 549. The zero-order valence-electron chi connectivity index (χ0n) is 7.05. The van der Waals surface area contributed by atoms with Crippen molar-refractivity contribution in [3.05, 3.63) is 35.0 Å². The van der Waals surface area contributed by atoms with Gasteiger partial charge in [0.1, 0.15) is 10.2 Å². The first-order chi connectivity index (χ1) is 7.08. The summed E-state index contributed by atoms with van der Waals surface area (Å²) in [6.07, 6.45) is 1.54. The molecule has 0 bridgehead atoms. The third-order valence-electron chi connectivity index (χ3n) is 1.63. The number of hydrogen-bond donors (Lipinski definition) is 1. The molecule has 0 atom stereocenters. The zero-order chi connectivity index (χ0) is 11.0. The van der Waals surface area contributed by atoms with E-state index >= 15 is 0 Å². The highest BCUT2D eigenvalue weighted by Crippen LogP contribution is 2.36. The number of nitrogens with one attached hydrogen (secondary N) is 1. The lowest BCUT2D eigenvalue weighted by Gasteiger charge is -1.95. The molecule has 0 amide bonds. The molecule has 0 saturated carbocycles. The Morgan fingerprint density at radius 3 is 2.87 bits per heavy atom. The third-order valence-corrected chi connectivity index (χ3v) is 4.88. The second-order valence-electron chi connectivity index (χ2n) is 2.64. The molecule has 0 aliphatic rings. The average molecular weight is 417 g/mol. The highest BCUT2D eigenvalue weighted by Gasteiger charge is 2.09. The minimum atomic E-state index is -0.138. The Labute approximate surface area is 116 Å². The molecule has 0 fully saturated rings. The molecule has 2 aromatic rings. The molecule has 0 unspecified atom stereocenters. The van der Waals surface area contributed by atoms with Crippen molar-refractivity contribution < 1.29 is 0 Å². The van der Waals surface area contributed by atoms with Gasteiger partial charge in [-0.1, -0.05) is 11.6 Å². The largest absolute Gasteiger partial charge is 0.305 e. The van der Waals surface area contributed by atoms with Gasteiger partial charge in [0, 0.05) is 10.7 Å². The standard InChI is InChI=1S/C8H3BrClIN2OS/c9-3-1-5(15-6(3)10)7-12-2-4(11)8(14)13-7/h1-2H,(H,12,13,14). The van der Waals surface area contributed by atoms with Gasteiger partial charge in [-0.15, -0.1) is 11.3 Å². The molecule has 2 heterocycles. The van der Waals surface area contributed by atoms with E-state index in [0.717, 1.165) is 9.35 Å². The van der Waals surface area contributed by atoms with E-state index in [4.69, 9.17) is 11.6 Å². The molecule has 7 heteroatoms. The van der Waals surface area contributed by atoms with Gasteiger partial charge in [0.05, 0.1) is 8.45 Å². The highest BCUT2D eigenvalue weighted by atomic mass is 127. The Morgan fingerprint density at radius 1 is 1.60 bits per heavy atom. The van der Waals surface area contributed by atoms with Gasteiger partial charge in [0.15, 0.2) is 0 Å². The van der Waals surface area contributed by atoms with Crippen molar-refractivity contribution >= 4 is 61.5 Å². The van der Waals surface area contributed by atoms with Gasteiger partial charge in [-0.05, 0) is 44.6 Å². The van der Waals surface area contributed by atoms with Crippen molar-refractivity contribution in [3.63, 3.8) is 0 Å². The minimum Gasteiger partial charge on any atom is -0.305 e. The number of thiophene rings is 1. The van der Waals surface area contributed by atoms with Crippen molar-refractivity contribution in [1.82, 2.24) is 9.97 Å². The summed E-state index contributed by atoms with van der Waals surface area (Å²) in [6, 6.07) is 1.83. The van der Waals surface area contributed by atoms with Crippen LogP contribution in [0.3, 0.4) is 0 Å². The maximum absolute atomic E-state index is 11.4. The molecule has 3 nitrogen and oxygen atoms in total. The van der Waals surface area contributed by atoms with Crippen LogP contribution in [-0.2, 0) is 0 Å². The lowest BCUT2D eigenvalue weighted by atomic mass is 10.4. The van der Waals surface area contributed by atoms with Crippen LogP contribution >= 0.6 is 61.5 Å². The van der Waals surface area contributed by atoms with E-state index in [2.05, 4.69) is 25.9 Å². The number of aromatic amines is 1. The van der Waals surface area contributed by atoms with Crippen LogP contribution in [0.2, 0.25) is 4.34 Å². The summed E-state index contributed by atoms with van der Waals surface area (Å²) in [5.74, 6) is 0.540. The molecule has 15 heavy (non-hydrogen) atoms. The van der Waals surface area contributed by atoms with E-state index in [1.807, 2.05) is 28.7 Å². The third kappa shape index (κ3) is 2.43. The fourth-order valence-corrected chi connectivity index (χ4v) is 2.90. The highest BCUT2D eigenvalue weighted by molar-refractivity contribution is 14.1. The Morgan fingerprint density at radius 2 is 2.33 bits per heavy atom. The molecule has 0 aliphatic carbocycles. The summed E-state index contributed by atoms with van der Waals surface area (Å²) >= 11 is 12.5. The smallest absolute Gasteiger partial charge is 0.264 e. The van der Waals surface area contributed by atoms with Crippen LogP contribution in [-0.4, -0.2) is 9.97 Å². The number of rotatable bonds is 1. The quantitative estimate of drug-likeness (QED) is 0.722. The maximum Gasteiger partial charge on any atom is 0.264 e. The zero-order valence-corrected chi connectivity index (χ0v) is 12.4. The van der Waals surface area contributed by atoms with E-state index in [1.165, 1.54) is 17.5 Å². The van der Waals surface area contributed by atoms with Gasteiger partial charge in [-0.3, -0.25) is 4.79 Å². The topological polar surface area (TPSA) is 45.8 Å². The summed E-state index contributed by atoms with van der Waals surface area (Å²) in [6.45, 7) is 0. The fourth-order valence-electron chi connectivity index (χ4n) is 0.968. The summed E-state index contributed by atoms with van der Waals surface area (Å²) in [5, 5.41) is 0. The summed E-state index contributed by atoms with van der Waals surface area (Å²) in [4.78, 5) is 19.0. The van der Waals surface area contributed by atoms with Crippen molar-refractivity contribution in [3.8, 4) is 10.7 Å². The van der Waals surface area contributed by atoms with Gasteiger partial charge in [0.2, 0.25) is 0 Å². The van der Waals surface area contributed by atoms with Gasteiger partial charge in [-0.25, -0.2) is 4.98 Å². The van der Waals surface area contributed by atoms with E-state index in [-0.39, 0.29) is 5.56 Å². The number of H-pyrrole nitrogens is 1. The fraction of sp³-hybridized carbons (Fsp3) is 0. The van der Waals surface area contributed by atoms with Gasteiger partial charge in [-0.2, -0.15) is 0 Å². The summed E-state index contributed by atoms with van der Waals surface area (Å²) in [7, 11) is 0. The van der Waals surface area contributed by atoms with E-state index in [9.17, 15) is 4.79 Å². The molecule has 0 saturated heterocycles. The normalized spacial score (nSPS) is 10.6. The lowest BCUT2D eigenvalue weighted by Crippen LogP contribution is -2.10. The average Bonchev–Trinajstić information content (AvgIpc) is 2.52. The van der Waals surface area contributed by atoms with Crippen molar-refractivity contribution in [1.29, 1.82) is 0 Å². The van der Waals surface area contributed by atoms with Crippen LogP contribution in [0.1, 0.15) is 0 Å². The van der Waals surface area contributed by atoms with E-state index in [0.29, 0.717) is 13.7 Å². The Balaban J connectivity index is 2.54. The molecule has 2 rings (SSSR count). The molecular weight excluding hydrogens is 414 g/mol. The van der Waals surface area contributed by atoms with Crippen LogP contribution < -0.4 is 5.56 Å². The molecule has 0 radical (unpaired) electrons. The molecular formula is C8H3BrClIN2OS. The molecule has 1 N–H and O–H groups in total. The van der Waals surface area contributed by atoms with E-state index in [1.54, 1.807) is 0 Å². The van der Waals surface area contributed by atoms with Crippen LogP contribution in [0.25, 0.3) is 10.7 Å². The lowest BCUT2D eigenvalue weighted by molar-refractivity contribution is 1.11. The molecule has 78 valence electrons. The monoisotopic (exact) mass is 416 g/mol. The first kappa shape index (κ1) is 11.6. The Kier molecular flexibility index (Phi) is 3.49. The first-order valence-corrected chi connectivity index (χ1v) is 6.84. The number of nitrogens with zero attached hydrogens (tertiary/aromatic N) is 1.